The zero-order valence-electron chi connectivity index (χ0n) is 20.4. The lowest BCUT2D eigenvalue weighted by Crippen LogP contribution is -2.26. The Morgan fingerprint density at radius 3 is 2.57 bits per heavy atom. The lowest BCUT2D eigenvalue weighted by atomic mass is 9.74. The standard InChI is InChI=1S/C32H22N4O/c1-32(2)23-10-6-11-25-29(23)36(31(35-25)26-15-16-33-18-34-26)27-14-13-19(17-24(27)32)20-8-5-9-22-21-7-3-4-12-28(21)37-30(20)22/h3-18H,1-2H3. The highest BCUT2D eigenvalue weighted by molar-refractivity contribution is 6.09. The second-order valence-corrected chi connectivity index (χ2v) is 10.2. The lowest BCUT2D eigenvalue weighted by Gasteiger charge is -2.35. The predicted molar refractivity (Wildman–Crippen MR) is 147 cm³/mol. The monoisotopic (exact) mass is 478 g/mol. The number of imidazole rings is 1. The smallest absolute Gasteiger partial charge is 0.164 e. The van der Waals surface area contributed by atoms with E-state index in [1.807, 2.05) is 18.2 Å². The number of furan rings is 1. The molecule has 5 heteroatoms. The first-order chi connectivity index (χ1) is 18.1. The third-order valence-electron chi connectivity index (χ3n) is 7.79. The fourth-order valence-corrected chi connectivity index (χ4v) is 5.98. The SMILES string of the molecule is CC1(C)c2cc(-c3cccc4c3oc3ccccc34)ccc2-n2c(-c3ccncn3)nc3cccc1c32. The van der Waals surface area contributed by atoms with Gasteiger partial charge in [0, 0.05) is 27.9 Å². The summed E-state index contributed by atoms with van der Waals surface area (Å²) in [5.74, 6) is 0.828. The summed E-state index contributed by atoms with van der Waals surface area (Å²) in [7, 11) is 0. The van der Waals surface area contributed by atoms with Crippen LogP contribution in [-0.4, -0.2) is 19.5 Å². The Balaban J connectivity index is 1.42. The molecule has 0 N–H and O–H groups in total. The molecule has 0 spiro atoms. The molecule has 0 saturated heterocycles. The molecular formula is C32H22N4O. The van der Waals surface area contributed by atoms with Crippen molar-refractivity contribution in [1.29, 1.82) is 0 Å². The van der Waals surface area contributed by atoms with Crippen molar-refractivity contribution >= 4 is 33.0 Å². The topological polar surface area (TPSA) is 56.7 Å². The van der Waals surface area contributed by atoms with Crippen LogP contribution < -0.4 is 0 Å². The van der Waals surface area contributed by atoms with E-state index in [1.165, 1.54) is 11.1 Å². The Hall–Kier alpha value is -4.77. The molecule has 0 aliphatic carbocycles. The summed E-state index contributed by atoms with van der Waals surface area (Å²) in [4.78, 5) is 13.7. The summed E-state index contributed by atoms with van der Waals surface area (Å²) in [5.41, 5.74) is 10.4. The maximum atomic E-state index is 6.37. The molecule has 1 aliphatic heterocycles. The van der Waals surface area contributed by atoms with Crippen LogP contribution in [0.2, 0.25) is 0 Å². The third kappa shape index (κ3) is 2.71. The minimum absolute atomic E-state index is 0.217. The van der Waals surface area contributed by atoms with Crippen molar-refractivity contribution in [2.75, 3.05) is 0 Å². The van der Waals surface area contributed by atoms with Crippen molar-refractivity contribution in [1.82, 2.24) is 19.5 Å². The number of aromatic nitrogens is 4. The lowest BCUT2D eigenvalue weighted by molar-refractivity contribution is 0.629. The number of hydrogen-bond donors (Lipinski definition) is 0. The summed E-state index contributed by atoms with van der Waals surface area (Å²) < 4.78 is 8.64. The Bertz CT molecular complexity index is 2010. The van der Waals surface area contributed by atoms with Crippen molar-refractivity contribution in [2.45, 2.75) is 19.3 Å². The van der Waals surface area contributed by atoms with Gasteiger partial charge in [0.1, 0.15) is 23.2 Å². The Kier molecular flexibility index (Phi) is 3.94. The molecule has 0 amide bonds. The van der Waals surface area contributed by atoms with Gasteiger partial charge in [0.05, 0.1) is 16.7 Å². The zero-order valence-corrected chi connectivity index (χ0v) is 20.4. The van der Waals surface area contributed by atoms with E-state index in [1.54, 1.807) is 12.5 Å². The molecule has 8 rings (SSSR count). The largest absolute Gasteiger partial charge is 0.455 e. The van der Waals surface area contributed by atoms with Crippen LogP contribution in [0.1, 0.15) is 25.0 Å². The maximum absolute atomic E-state index is 6.37. The minimum atomic E-state index is -0.217. The summed E-state index contributed by atoms with van der Waals surface area (Å²) in [5, 5.41) is 2.28. The van der Waals surface area contributed by atoms with Crippen LogP contribution in [0.5, 0.6) is 0 Å². The van der Waals surface area contributed by atoms with Crippen LogP contribution in [0, 0.1) is 0 Å². The van der Waals surface area contributed by atoms with E-state index in [-0.39, 0.29) is 5.41 Å². The maximum Gasteiger partial charge on any atom is 0.164 e. The first-order valence-corrected chi connectivity index (χ1v) is 12.4. The highest BCUT2D eigenvalue weighted by atomic mass is 16.3. The van der Waals surface area contributed by atoms with Crippen molar-refractivity contribution < 1.29 is 4.42 Å². The number of nitrogens with zero attached hydrogens (tertiary/aromatic N) is 4. The molecule has 1 aliphatic rings. The Morgan fingerprint density at radius 2 is 1.68 bits per heavy atom. The van der Waals surface area contributed by atoms with E-state index < -0.39 is 0 Å². The number of fused-ring (bicyclic) bond motifs is 5. The molecule has 37 heavy (non-hydrogen) atoms. The van der Waals surface area contributed by atoms with Crippen molar-refractivity contribution in [3.05, 3.63) is 109 Å². The fraction of sp³-hybridized carbons (Fsp3) is 0.0938. The Labute approximate surface area is 213 Å². The van der Waals surface area contributed by atoms with Crippen molar-refractivity contribution in [3.63, 3.8) is 0 Å². The first kappa shape index (κ1) is 20.4. The normalized spacial score (nSPS) is 13.9. The summed E-state index contributed by atoms with van der Waals surface area (Å²) in [6.07, 6.45) is 3.34. The summed E-state index contributed by atoms with van der Waals surface area (Å²) >= 11 is 0. The molecule has 0 saturated carbocycles. The number of para-hydroxylation sites is 3. The number of rotatable bonds is 2. The molecule has 0 bridgehead atoms. The fourth-order valence-electron chi connectivity index (χ4n) is 5.98. The average Bonchev–Trinajstić information content (AvgIpc) is 3.51. The molecule has 4 heterocycles. The summed E-state index contributed by atoms with van der Waals surface area (Å²) in [6, 6.07) is 29.7. The van der Waals surface area contributed by atoms with E-state index >= 15 is 0 Å². The van der Waals surface area contributed by atoms with E-state index in [4.69, 9.17) is 9.40 Å². The third-order valence-corrected chi connectivity index (χ3v) is 7.79. The molecule has 0 radical (unpaired) electrons. The van der Waals surface area contributed by atoms with Gasteiger partial charge in [0.25, 0.3) is 0 Å². The van der Waals surface area contributed by atoms with Gasteiger partial charge in [0.15, 0.2) is 5.82 Å². The molecular weight excluding hydrogens is 456 g/mol. The zero-order chi connectivity index (χ0) is 24.7. The van der Waals surface area contributed by atoms with E-state index in [0.29, 0.717) is 0 Å². The van der Waals surface area contributed by atoms with Gasteiger partial charge in [-0.05, 0) is 47.0 Å². The second kappa shape index (κ2) is 7.14. The molecule has 0 atom stereocenters. The van der Waals surface area contributed by atoms with Crippen LogP contribution in [0.25, 0.3) is 61.3 Å². The van der Waals surface area contributed by atoms with Crippen molar-refractivity contribution in [2.24, 2.45) is 0 Å². The summed E-state index contributed by atoms with van der Waals surface area (Å²) in [6.45, 7) is 4.60. The van der Waals surface area contributed by atoms with Crippen molar-refractivity contribution in [3.8, 4) is 28.3 Å². The number of benzene rings is 4. The van der Waals surface area contributed by atoms with E-state index in [0.717, 1.165) is 61.3 Å². The van der Waals surface area contributed by atoms with Crippen LogP contribution in [0.3, 0.4) is 0 Å². The van der Waals surface area contributed by atoms with Crippen LogP contribution in [0.15, 0.2) is 102 Å². The van der Waals surface area contributed by atoms with Crippen LogP contribution >= 0.6 is 0 Å². The molecule has 176 valence electrons. The number of hydrogen-bond acceptors (Lipinski definition) is 4. The molecule has 4 aromatic carbocycles. The average molecular weight is 479 g/mol. The first-order valence-electron chi connectivity index (χ1n) is 12.4. The van der Waals surface area contributed by atoms with Gasteiger partial charge in [0.2, 0.25) is 0 Å². The quantitative estimate of drug-likeness (QED) is 0.256. The van der Waals surface area contributed by atoms with Gasteiger partial charge in [-0.1, -0.05) is 68.4 Å². The molecule has 0 fully saturated rings. The van der Waals surface area contributed by atoms with Gasteiger partial charge in [-0.3, -0.25) is 4.57 Å². The van der Waals surface area contributed by atoms with Crippen LogP contribution in [-0.2, 0) is 5.41 Å². The molecule has 7 aromatic rings. The van der Waals surface area contributed by atoms with Gasteiger partial charge < -0.3 is 4.42 Å². The highest BCUT2D eigenvalue weighted by Gasteiger charge is 2.36. The van der Waals surface area contributed by atoms with E-state index in [9.17, 15) is 0 Å². The Morgan fingerprint density at radius 1 is 0.811 bits per heavy atom. The van der Waals surface area contributed by atoms with Gasteiger partial charge in [-0.15, -0.1) is 0 Å². The highest BCUT2D eigenvalue weighted by Crippen LogP contribution is 2.47. The van der Waals surface area contributed by atoms with Gasteiger partial charge in [-0.2, -0.15) is 0 Å². The molecule has 3 aromatic heterocycles. The molecule has 5 nitrogen and oxygen atoms in total. The minimum Gasteiger partial charge on any atom is -0.455 e. The van der Waals surface area contributed by atoms with E-state index in [2.05, 4.69) is 95.1 Å². The van der Waals surface area contributed by atoms with Gasteiger partial charge in [-0.25, -0.2) is 15.0 Å². The molecule has 0 unspecified atom stereocenters. The van der Waals surface area contributed by atoms with Crippen LogP contribution in [0.4, 0.5) is 0 Å². The second-order valence-electron chi connectivity index (χ2n) is 10.2. The predicted octanol–water partition coefficient (Wildman–Crippen LogP) is 7.69. The van der Waals surface area contributed by atoms with Gasteiger partial charge >= 0.3 is 0 Å².